The molecule has 2 heterocycles. The van der Waals surface area contributed by atoms with Crippen LogP contribution in [0.4, 0.5) is 0 Å². The van der Waals surface area contributed by atoms with Crippen LogP contribution >= 0.6 is 12.2 Å². The third-order valence-electron chi connectivity index (χ3n) is 2.78. The summed E-state index contributed by atoms with van der Waals surface area (Å²) in [5, 5.41) is 6.88. The van der Waals surface area contributed by atoms with E-state index in [2.05, 4.69) is 15.2 Å². The van der Waals surface area contributed by atoms with Gasteiger partial charge in [0, 0.05) is 20.3 Å². The van der Waals surface area contributed by atoms with Crippen molar-refractivity contribution >= 4 is 18.1 Å². The summed E-state index contributed by atoms with van der Waals surface area (Å²) >= 11 is 5.20. The van der Waals surface area contributed by atoms with Gasteiger partial charge in [0.05, 0.1) is 0 Å². The van der Waals surface area contributed by atoms with Gasteiger partial charge in [0.15, 0.2) is 10.6 Å². The van der Waals surface area contributed by atoms with E-state index in [1.165, 1.54) is 4.90 Å². The maximum absolute atomic E-state index is 12.1. The minimum atomic E-state index is -0.432. The van der Waals surface area contributed by atoms with Crippen molar-refractivity contribution in [2.24, 2.45) is 0 Å². The third-order valence-corrected chi connectivity index (χ3v) is 3.07. The number of carbonyl (C=O) groups is 1. The molecule has 0 aliphatic rings. The Labute approximate surface area is 116 Å². The second-order valence-electron chi connectivity index (χ2n) is 4.35. The van der Waals surface area contributed by atoms with Crippen molar-refractivity contribution in [3.05, 3.63) is 29.2 Å². The van der Waals surface area contributed by atoms with Crippen LogP contribution in [0.3, 0.4) is 0 Å². The molecule has 0 saturated carbocycles. The number of nitrogens with one attached hydrogen (secondary N) is 1. The summed E-state index contributed by atoms with van der Waals surface area (Å²) in [6, 6.07) is 5.08. The van der Waals surface area contributed by atoms with Gasteiger partial charge in [0.2, 0.25) is 5.91 Å². The molecule has 0 aliphatic carbocycles. The van der Waals surface area contributed by atoms with Crippen LogP contribution in [-0.2, 0) is 4.79 Å². The monoisotopic (exact) mass is 277 g/mol. The molecule has 1 amide bonds. The molecule has 1 unspecified atom stereocenters. The number of likely N-dealkylation sites (N-methyl/N-ethyl adjacent to an activating group) is 1. The van der Waals surface area contributed by atoms with Crippen LogP contribution in [0.25, 0.3) is 11.5 Å². The van der Waals surface area contributed by atoms with Crippen LogP contribution in [0.1, 0.15) is 13.0 Å². The molecule has 2 aromatic heterocycles. The van der Waals surface area contributed by atoms with Gasteiger partial charge in [0.1, 0.15) is 11.7 Å². The van der Waals surface area contributed by atoms with Crippen molar-refractivity contribution in [1.82, 2.24) is 24.6 Å². The van der Waals surface area contributed by atoms with Crippen molar-refractivity contribution in [2.45, 2.75) is 13.0 Å². The molecule has 1 atom stereocenters. The Bertz CT molecular complexity index is 631. The molecule has 0 saturated heterocycles. The molecule has 0 aliphatic heterocycles. The predicted molar refractivity (Wildman–Crippen MR) is 74.0 cm³/mol. The van der Waals surface area contributed by atoms with Gasteiger partial charge >= 0.3 is 0 Å². The van der Waals surface area contributed by atoms with E-state index in [0.29, 0.717) is 16.3 Å². The van der Waals surface area contributed by atoms with Crippen molar-refractivity contribution in [3.63, 3.8) is 0 Å². The Hall–Kier alpha value is -2.02. The zero-order valence-electron chi connectivity index (χ0n) is 11.0. The largest absolute Gasteiger partial charge is 0.347 e. The smallest absolute Gasteiger partial charge is 0.244 e. The SMILES string of the molecule is CC(C(=O)N(C)C)n1c(-c2ccccn2)n[nH]c1=S. The molecule has 0 radical (unpaired) electrons. The highest BCUT2D eigenvalue weighted by molar-refractivity contribution is 7.71. The zero-order chi connectivity index (χ0) is 14.0. The second kappa shape index (κ2) is 5.31. The summed E-state index contributed by atoms with van der Waals surface area (Å²) in [6.07, 6.45) is 1.68. The Morgan fingerprint density at radius 2 is 2.21 bits per heavy atom. The molecule has 0 spiro atoms. The van der Waals surface area contributed by atoms with E-state index in [1.807, 2.05) is 18.2 Å². The first-order chi connectivity index (χ1) is 9.02. The van der Waals surface area contributed by atoms with Gasteiger partial charge in [-0.3, -0.25) is 19.4 Å². The van der Waals surface area contributed by atoms with E-state index in [4.69, 9.17) is 12.2 Å². The van der Waals surface area contributed by atoms with E-state index in [9.17, 15) is 4.79 Å². The molecule has 1 N–H and O–H groups in total. The number of nitrogens with zero attached hydrogens (tertiary/aromatic N) is 4. The van der Waals surface area contributed by atoms with Crippen molar-refractivity contribution in [1.29, 1.82) is 0 Å². The molecule has 6 nitrogen and oxygen atoms in total. The maximum Gasteiger partial charge on any atom is 0.244 e. The highest BCUT2D eigenvalue weighted by atomic mass is 32.1. The minimum absolute atomic E-state index is 0.0466. The van der Waals surface area contributed by atoms with E-state index >= 15 is 0 Å². The molecular weight excluding hydrogens is 262 g/mol. The fraction of sp³-hybridized carbons (Fsp3) is 0.333. The maximum atomic E-state index is 12.1. The molecule has 0 aromatic carbocycles. The molecule has 2 rings (SSSR count). The Morgan fingerprint density at radius 3 is 2.79 bits per heavy atom. The average molecular weight is 277 g/mol. The number of H-pyrrole nitrogens is 1. The van der Waals surface area contributed by atoms with Crippen LogP contribution in [0, 0.1) is 4.77 Å². The van der Waals surface area contributed by atoms with Gasteiger partial charge in [-0.15, -0.1) is 0 Å². The summed E-state index contributed by atoms with van der Waals surface area (Å²) < 4.78 is 2.09. The zero-order valence-corrected chi connectivity index (χ0v) is 11.8. The van der Waals surface area contributed by atoms with Crippen LogP contribution in [0.15, 0.2) is 24.4 Å². The number of aromatic nitrogens is 4. The Balaban J connectivity index is 2.50. The summed E-state index contributed by atoms with van der Waals surface area (Å²) in [5.41, 5.74) is 0.674. The predicted octanol–water partition coefficient (Wildman–Crippen LogP) is 1.65. The molecule has 19 heavy (non-hydrogen) atoms. The van der Waals surface area contributed by atoms with Gasteiger partial charge in [-0.05, 0) is 31.3 Å². The molecule has 100 valence electrons. The average Bonchev–Trinajstić information content (AvgIpc) is 2.79. The number of pyridine rings is 1. The summed E-state index contributed by atoms with van der Waals surface area (Å²) in [4.78, 5) is 17.8. The fourth-order valence-electron chi connectivity index (χ4n) is 1.82. The first-order valence-corrected chi connectivity index (χ1v) is 6.22. The highest BCUT2D eigenvalue weighted by Crippen LogP contribution is 2.19. The number of hydrogen-bond donors (Lipinski definition) is 1. The van der Waals surface area contributed by atoms with Gasteiger partial charge in [-0.2, -0.15) is 5.10 Å². The first kappa shape index (κ1) is 13.4. The molecule has 0 fully saturated rings. The summed E-state index contributed by atoms with van der Waals surface area (Å²) in [6.45, 7) is 1.79. The van der Waals surface area contributed by atoms with Gasteiger partial charge < -0.3 is 4.90 Å². The van der Waals surface area contributed by atoms with Gasteiger partial charge in [-0.1, -0.05) is 6.07 Å². The van der Waals surface area contributed by atoms with E-state index < -0.39 is 6.04 Å². The quantitative estimate of drug-likeness (QED) is 0.866. The van der Waals surface area contributed by atoms with E-state index in [0.717, 1.165) is 0 Å². The highest BCUT2D eigenvalue weighted by Gasteiger charge is 2.22. The van der Waals surface area contributed by atoms with Crippen molar-refractivity contribution < 1.29 is 4.79 Å². The van der Waals surface area contributed by atoms with Crippen LogP contribution in [0.5, 0.6) is 0 Å². The molecule has 2 aromatic rings. The Morgan fingerprint density at radius 1 is 1.47 bits per heavy atom. The number of hydrogen-bond acceptors (Lipinski definition) is 4. The molecule has 7 heteroatoms. The standard InChI is InChI=1S/C12H15N5OS/c1-8(11(18)16(2)3)17-10(14-15-12(17)19)9-6-4-5-7-13-9/h4-8H,1-3H3,(H,15,19). The lowest BCUT2D eigenvalue weighted by Crippen LogP contribution is -2.30. The first-order valence-electron chi connectivity index (χ1n) is 5.82. The number of carbonyl (C=O) groups excluding carboxylic acids is 1. The normalized spacial score (nSPS) is 12.2. The van der Waals surface area contributed by atoms with Crippen LogP contribution in [0.2, 0.25) is 0 Å². The lowest BCUT2D eigenvalue weighted by atomic mass is 10.2. The van der Waals surface area contributed by atoms with E-state index in [1.54, 1.807) is 31.8 Å². The lowest BCUT2D eigenvalue weighted by Gasteiger charge is -2.18. The lowest BCUT2D eigenvalue weighted by molar-refractivity contribution is -0.131. The summed E-state index contributed by atoms with van der Waals surface area (Å²) in [7, 11) is 3.42. The molecule has 0 bridgehead atoms. The second-order valence-corrected chi connectivity index (χ2v) is 4.73. The van der Waals surface area contributed by atoms with E-state index in [-0.39, 0.29) is 5.91 Å². The number of aromatic amines is 1. The number of amides is 1. The van der Waals surface area contributed by atoms with Crippen molar-refractivity contribution in [3.8, 4) is 11.5 Å². The van der Waals surface area contributed by atoms with Crippen LogP contribution in [-0.4, -0.2) is 44.7 Å². The summed E-state index contributed by atoms with van der Waals surface area (Å²) in [5.74, 6) is 0.517. The van der Waals surface area contributed by atoms with Gasteiger partial charge in [-0.25, -0.2) is 0 Å². The van der Waals surface area contributed by atoms with Crippen LogP contribution < -0.4 is 0 Å². The topological polar surface area (TPSA) is 66.8 Å². The Kier molecular flexibility index (Phi) is 3.75. The van der Waals surface area contributed by atoms with Crippen molar-refractivity contribution in [2.75, 3.05) is 14.1 Å². The van der Waals surface area contributed by atoms with Gasteiger partial charge in [0.25, 0.3) is 0 Å². The minimum Gasteiger partial charge on any atom is -0.347 e. The fourth-order valence-corrected chi connectivity index (χ4v) is 2.11. The molecular formula is C12H15N5OS. The third kappa shape index (κ3) is 2.55. The number of rotatable bonds is 3.